The van der Waals surface area contributed by atoms with Gasteiger partial charge in [0.1, 0.15) is 17.5 Å². The second kappa shape index (κ2) is 5.78. The van der Waals surface area contributed by atoms with Crippen molar-refractivity contribution in [1.82, 2.24) is 9.55 Å². The van der Waals surface area contributed by atoms with Crippen LogP contribution in [0.15, 0.2) is 54.9 Å². The Bertz CT molecular complexity index is 842. The summed E-state index contributed by atoms with van der Waals surface area (Å²) in [5, 5.41) is 8.93. The molecule has 0 unspecified atom stereocenters. The second-order valence-electron chi connectivity index (χ2n) is 4.85. The van der Waals surface area contributed by atoms with Crippen molar-refractivity contribution in [2.24, 2.45) is 0 Å². The van der Waals surface area contributed by atoms with Crippen LogP contribution >= 0.6 is 0 Å². The summed E-state index contributed by atoms with van der Waals surface area (Å²) in [7, 11) is 0. The van der Waals surface area contributed by atoms with Crippen LogP contribution in [0, 0.1) is 23.0 Å². The molecule has 0 aliphatic heterocycles. The molecule has 1 heterocycles. The lowest BCUT2D eigenvalue weighted by Crippen LogP contribution is -2.02. The first kappa shape index (κ1) is 14.0. The highest BCUT2D eigenvalue weighted by atomic mass is 19.1. The van der Waals surface area contributed by atoms with Gasteiger partial charge in [0, 0.05) is 30.6 Å². The molecule has 0 saturated carbocycles. The van der Waals surface area contributed by atoms with E-state index in [1.807, 2.05) is 6.07 Å². The van der Waals surface area contributed by atoms with Crippen LogP contribution in [0.5, 0.6) is 0 Å². The SMILES string of the molecule is N#Cc1cccc(Cn2ccnc2-c2cc(F)cc(F)c2)c1. The Morgan fingerprint density at radius 2 is 1.86 bits per heavy atom. The van der Waals surface area contributed by atoms with Gasteiger partial charge in [-0.25, -0.2) is 13.8 Å². The number of rotatable bonds is 3. The van der Waals surface area contributed by atoms with E-state index >= 15 is 0 Å². The maximum absolute atomic E-state index is 13.4. The molecule has 0 bridgehead atoms. The molecule has 0 radical (unpaired) electrons. The van der Waals surface area contributed by atoms with Gasteiger partial charge < -0.3 is 4.57 Å². The van der Waals surface area contributed by atoms with Crippen LogP contribution in [0.3, 0.4) is 0 Å². The molecule has 0 aliphatic rings. The summed E-state index contributed by atoms with van der Waals surface area (Å²) in [6.07, 6.45) is 3.31. The zero-order chi connectivity index (χ0) is 15.5. The number of nitrogens with zero attached hydrogens (tertiary/aromatic N) is 3. The van der Waals surface area contributed by atoms with Gasteiger partial charge in [-0.3, -0.25) is 0 Å². The van der Waals surface area contributed by atoms with Gasteiger partial charge in [-0.15, -0.1) is 0 Å². The van der Waals surface area contributed by atoms with E-state index in [2.05, 4.69) is 11.1 Å². The maximum atomic E-state index is 13.4. The molecule has 3 aromatic rings. The zero-order valence-corrected chi connectivity index (χ0v) is 11.5. The quantitative estimate of drug-likeness (QED) is 0.738. The van der Waals surface area contributed by atoms with Gasteiger partial charge in [-0.1, -0.05) is 12.1 Å². The van der Waals surface area contributed by atoms with E-state index in [0.29, 0.717) is 23.5 Å². The first-order valence-corrected chi connectivity index (χ1v) is 6.62. The molecule has 0 spiro atoms. The molecule has 0 atom stereocenters. The summed E-state index contributed by atoms with van der Waals surface area (Å²) >= 11 is 0. The largest absolute Gasteiger partial charge is 0.327 e. The van der Waals surface area contributed by atoms with Crippen LogP contribution in [0.25, 0.3) is 11.4 Å². The van der Waals surface area contributed by atoms with Crippen LogP contribution in [0.2, 0.25) is 0 Å². The molecule has 0 saturated heterocycles. The number of halogens is 2. The number of hydrogen-bond donors (Lipinski definition) is 0. The maximum Gasteiger partial charge on any atom is 0.140 e. The fourth-order valence-corrected chi connectivity index (χ4v) is 2.32. The van der Waals surface area contributed by atoms with Crippen LogP contribution in [0.1, 0.15) is 11.1 Å². The predicted molar refractivity (Wildman–Crippen MR) is 77.8 cm³/mol. The Labute approximate surface area is 126 Å². The summed E-state index contributed by atoms with van der Waals surface area (Å²) < 4.78 is 28.5. The van der Waals surface area contributed by atoms with Gasteiger partial charge in [-0.2, -0.15) is 5.26 Å². The molecule has 5 heteroatoms. The molecule has 0 N–H and O–H groups in total. The molecular formula is C17H11F2N3. The summed E-state index contributed by atoms with van der Waals surface area (Å²) in [5.41, 5.74) is 1.85. The average Bonchev–Trinajstić information content (AvgIpc) is 2.94. The number of imidazole rings is 1. The van der Waals surface area contributed by atoms with Gasteiger partial charge in [0.05, 0.1) is 11.6 Å². The lowest BCUT2D eigenvalue weighted by Gasteiger charge is -2.09. The molecular weight excluding hydrogens is 284 g/mol. The molecule has 22 heavy (non-hydrogen) atoms. The van der Waals surface area contributed by atoms with E-state index in [9.17, 15) is 8.78 Å². The van der Waals surface area contributed by atoms with Gasteiger partial charge in [-0.05, 0) is 29.8 Å². The molecule has 0 aliphatic carbocycles. The highest BCUT2D eigenvalue weighted by Crippen LogP contribution is 2.21. The lowest BCUT2D eigenvalue weighted by atomic mass is 10.1. The first-order valence-electron chi connectivity index (χ1n) is 6.62. The number of hydrogen-bond acceptors (Lipinski definition) is 2. The van der Waals surface area contributed by atoms with E-state index in [1.54, 1.807) is 35.2 Å². The van der Waals surface area contributed by atoms with Crippen molar-refractivity contribution in [3.8, 4) is 17.5 Å². The van der Waals surface area contributed by atoms with E-state index < -0.39 is 11.6 Å². The Kier molecular flexibility index (Phi) is 3.67. The minimum Gasteiger partial charge on any atom is -0.327 e. The smallest absolute Gasteiger partial charge is 0.140 e. The summed E-state index contributed by atoms with van der Waals surface area (Å²) in [6, 6.07) is 12.6. The topological polar surface area (TPSA) is 41.6 Å². The Morgan fingerprint density at radius 1 is 1.09 bits per heavy atom. The number of nitriles is 1. The van der Waals surface area contributed by atoms with Gasteiger partial charge in [0.15, 0.2) is 0 Å². The van der Waals surface area contributed by atoms with Crippen molar-refractivity contribution in [3.05, 3.63) is 77.6 Å². The third-order valence-electron chi connectivity index (χ3n) is 3.25. The standard InChI is InChI=1S/C17H11F2N3/c18-15-7-14(8-16(19)9-15)17-21-4-5-22(17)11-13-3-1-2-12(6-13)10-20/h1-9H,11H2. The highest BCUT2D eigenvalue weighted by molar-refractivity contribution is 5.56. The molecule has 0 fully saturated rings. The molecule has 3 rings (SSSR count). The van der Waals surface area contributed by atoms with Crippen LogP contribution in [-0.4, -0.2) is 9.55 Å². The first-order chi connectivity index (χ1) is 10.7. The van der Waals surface area contributed by atoms with Gasteiger partial charge in [0.2, 0.25) is 0 Å². The van der Waals surface area contributed by atoms with E-state index in [0.717, 1.165) is 11.6 Å². The van der Waals surface area contributed by atoms with Gasteiger partial charge >= 0.3 is 0 Å². The zero-order valence-electron chi connectivity index (χ0n) is 11.5. The van der Waals surface area contributed by atoms with E-state index in [-0.39, 0.29) is 0 Å². The summed E-state index contributed by atoms with van der Waals surface area (Å²) in [5.74, 6) is -0.812. The minimum absolute atomic E-state index is 0.374. The molecule has 0 amide bonds. The fourth-order valence-electron chi connectivity index (χ4n) is 2.32. The lowest BCUT2D eigenvalue weighted by molar-refractivity contribution is 0.583. The van der Waals surface area contributed by atoms with Gasteiger partial charge in [0.25, 0.3) is 0 Å². The second-order valence-corrected chi connectivity index (χ2v) is 4.85. The van der Waals surface area contributed by atoms with E-state index in [1.165, 1.54) is 12.1 Å². The van der Waals surface area contributed by atoms with Crippen molar-refractivity contribution in [2.45, 2.75) is 6.54 Å². The van der Waals surface area contributed by atoms with Crippen LogP contribution in [-0.2, 0) is 6.54 Å². The van der Waals surface area contributed by atoms with Crippen molar-refractivity contribution in [3.63, 3.8) is 0 Å². The average molecular weight is 295 g/mol. The number of aromatic nitrogens is 2. The molecule has 108 valence electrons. The summed E-state index contributed by atoms with van der Waals surface area (Å²) in [4.78, 5) is 4.17. The molecule has 3 nitrogen and oxygen atoms in total. The Hall–Kier alpha value is -3.00. The third-order valence-corrected chi connectivity index (χ3v) is 3.25. The fraction of sp³-hybridized carbons (Fsp3) is 0.0588. The van der Waals surface area contributed by atoms with Crippen molar-refractivity contribution in [1.29, 1.82) is 5.26 Å². The van der Waals surface area contributed by atoms with E-state index in [4.69, 9.17) is 5.26 Å². The Balaban J connectivity index is 1.97. The molecule has 2 aromatic carbocycles. The van der Waals surface area contributed by atoms with Crippen molar-refractivity contribution in [2.75, 3.05) is 0 Å². The molecule has 1 aromatic heterocycles. The normalized spacial score (nSPS) is 10.4. The van der Waals surface area contributed by atoms with Crippen molar-refractivity contribution >= 4 is 0 Å². The third kappa shape index (κ3) is 2.86. The Morgan fingerprint density at radius 3 is 2.59 bits per heavy atom. The van der Waals surface area contributed by atoms with Crippen LogP contribution < -0.4 is 0 Å². The number of benzene rings is 2. The highest BCUT2D eigenvalue weighted by Gasteiger charge is 2.09. The van der Waals surface area contributed by atoms with Crippen LogP contribution in [0.4, 0.5) is 8.78 Å². The monoisotopic (exact) mass is 295 g/mol. The van der Waals surface area contributed by atoms with Crippen molar-refractivity contribution < 1.29 is 8.78 Å². The minimum atomic E-state index is -0.643. The predicted octanol–water partition coefficient (Wildman–Crippen LogP) is 3.75. The summed E-state index contributed by atoms with van der Waals surface area (Å²) in [6.45, 7) is 0.461.